The van der Waals surface area contributed by atoms with E-state index in [0.717, 1.165) is 68.8 Å². The first kappa shape index (κ1) is 120. The van der Waals surface area contributed by atoms with Crippen molar-refractivity contribution in [2.75, 3.05) is 11.1 Å². The number of nitrogens with one attached hydrogen (secondary N) is 2. The highest BCUT2D eigenvalue weighted by Gasteiger charge is 2.01. The van der Waals surface area contributed by atoms with Crippen LogP contribution in [0.2, 0.25) is 0 Å². The number of anilines is 2. The molecule has 15 heteroatoms. The zero-order chi connectivity index (χ0) is 93.0. The van der Waals surface area contributed by atoms with Gasteiger partial charge in [0, 0.05) is 102 Å². The molecular formula is C108H159N11O4. The summed E-state index contributed by atoms with van der Waals surface area (Å²) < 4.78 is 16.7. The molecule has 0 spiro atoms. The normalized spacial score (nSPS) is 8.74. The van der Waals surface area contributed by atoms with Crippen LogP contribution in [-0.4, -0.2) is 44.9 Å². The van der Waals surface area contributed by atoms with E-state index in [1.165, 1.54) is 80.5 Å². The lowest BCUT2D eigenvalue weighted by Gasteiger charge is -2.06. The van der Waals surface area contributed by atoms with Crippen LogP contribution in [0.4, 0.5) is 11.6 Å². The molecule has 0 radical (unpaired) electrons. The van der Waals surface area contributed by atoms with E-state index >= 15 is 0 Å². The van der Waals surface area contributed by atoms with E-state index in [-0.39, 0.29) is 5.56 Å². The van der Waals surface area contributed by atoms with Crippen LogP contribution in [-0.2, 0) is 19.8 Å². The average Bonchev–Trinajstić information content (AvgIpc) is 0.873. The second-order valence-electron chi connectivity index (χ2n) is 27.7. The number of benzene rings is 4. The summed E-state index contributed by atoms with van der Waals surface area (Å²) in [4.78, 5) is 45.7. The van der Waals surface area contributed by atoms with Gasteiger partial charge in [0.15, 0.2) is 0 Å². The minimum Gasteiger partial charge on any atom is -0.473 e. The molecule has 0 fully saturated rings. The van der Waals surface area contributed by atoms with Gasteiger partial charge < -0.3 is 30.2 Å². The van der Waals surface area contributed by atoms with Crippen LogP contribution < -0.4 is 30.8 Å². The largest absolute Gasteiger partial charge is 0.473 e. The van der Waals surface area contributed by atoms with Gasteiger partial charge in [-0.15, -0.1) is 0 Å². The molecule has 9 aromatic heterocycles. The molecule has 670 valence electrons. The lowest BCUT2D eigenvalue weighted by Crippen LogP contribution is -2.02. The monoisotopic (exact) mass is 1670 g/mol. The molecule has 0 saturated heterocycles. The molecule has 123 heavy (non-hydrogen) atoms. The van der Waals surface area contributed by atoms with E-state index in [1.807, 2.05) is 305 Å². The number of nitrogen functional groups attached to an aromatic ring is 1. The van der Waals surface area contributed by atoms with Crippen molar-refractivity contribution in [3.05, 3.63) is 382 Å². The summed E-state index contributed by atoms with van der Waals surface area (Å²) in [5.74, 6) is 4.34. The van der Waals surface area contributed by atoms with E-state index in [4.69, 9.17) is 19.9 Å². The summed E-state index contributed by atoms with van der Waals surface area (Å²) >= 11 is 0. The summed E-state index contributed by atoms with van der Waals surface area (Å²) in [6.45, 7) is 57.9. The number of aromatic nitrogens is 9. The van der Waals surface area contributed by atoms with Gasteiger partial charge in [-0.25, -0.2) is 24.9 Å². The van der Waals surface area contributed by atoms with Gasteiger partial charge in [-0.3, -0.25) is 19.7 Å². The number of aryl methyl sites for hydroxylation is 9. The van der Waals surface area contributed by atoms with Crippen LogP contribution in [0.25, 0.3) is 0 Å². The van der Waals surface area contributed by atoms with E-state index in [9.17, 15) is 4.79 Å². The van der Waals surface area contributed by atoms with Crippen molar-refractivity contribution in [2.45, 2.75) is 264 Å². The van der Waals surface area contributed by atoms with Gasteiger partial charge in [0.1, 0.15) is 30.6 Å². The molecule has 15 nitrogen and oxygen atoms in total. The molecule has 0 saturated carbocycles. The highest BCUT2D eigenvalue weighted by molar-refractivity contribution is 5.37. The number of aromatic amines is 1. The standard InChI is InChI=1S/C13H14N2.2C13H13NO.C12H11NO.C6H8N2.C6H7NO.3C6H7N.9C3H8/c1-11-6-5-9-13(15-11)14-10-12-7-3-2-4-8-12;1-11-6-5-9-14-13(11)15-10-12-7-3-2-4-8-12;1-11-7-8-13(14-9-11)15-10-12-5-3-2-4-6-12;1-10-6-5-9-12(13-10)14-11-7-3-2-4-8-11;1-5-3-2-4-6(7)8-5;1-5-3-2-4-6(8)7-5;2*1-6-3-2-4-7-5-6;1-6-4-2-3-5-7-6;9*1-3-2/h2-9H,10H2,1H3,(H,14,15);2*2-9H,10H2,1H3;2-9H,1H3;2-4H,1H3,(H2,7,8);2-4H,1H3,(H,7,8);3*2-5H,1H3;9*3H2,1-2H3. The van der Waals surface area contributed by atoms with Crippen LogP contribution in [0.15, 0.2) is 309 Å². The molecule has 9 heterocycles. The Labute approximate surface area is 747 Å². The summed E-state index contributed by atoms with van der Waals surface area (Å²) in [5.41, 5.74) is 18.4. The molecule has 0 atom stereocenters. The molecule has 0 aliphatic carbocycles. The predicted octanol–water partition coefficient (Wildman–Crippen LogP) is 30.7. The van der Waals surface area contributed by atoms with E-state index in [0.29, 0.717) is 36.7 Å². The summed E-state index contributed by atoms with van der Waals surface area (Å²) in [6.07, 6.45) is 23.8. The van der Waals surface area contributed by atoms with Gasteiger partial charge in [-0.1, -0.05) is 346 Å². The number of pyridine rings is 9. The van der Waals surface area contributed by atoms with Gasteiger partial charge in [0.25, 0.3) is 0 Å². The van der Waals surface area contributed by atoms with E-state index in [2.05, 4.69) is 187 Å². The van der Waals surface area contributed by atoms with Gasteiger partial charge in [-0.2, -0.15) is 0 Å². The van der Waals surface area contributed by atoms with Crippen molar-refractivity contribution in [1.29, 1.82) is 0 Å². The number of para-hydroxylation sites is 1. The van der Waals surface area contributed by atoms with Crippen molar-refractivity contribution in [3.8, 4) is 23.4 Å². The molecule has 4 aromatic carbocycles. The summed E-state index contributed by atoms with van der Waals surface area (Å²) in [7, 11) is 0. The fraction of sp³-hybridized carbons (Fsp3) is 0.361. The third-order valence-corrected chi connectivity index (χ3v) is 12.6. The fourth-order valence-corrected chi connectivity index (χ4v) is 7.70. The van der Waals surface area contributed by atoms with Gasteiger partial charge in [0.2, 0.25) is 23.2 Å². The van der Waals surface area contributed by atoms with Crippen molar-refractivity contribution < 1.29 is 14.2 Å². The van der Waals surface area contributed by atoms with Crippen LogP contribution in [0.3, 0.4) is 0 Å². The second-order valence-corrected chi connectivity index (χ2v) is 27.7. The molecule has 4 N–H and O–H groups in total. The zero-order valence-electron chi connectivity index (χ0n) is 80.6. The first-order valence-corrected chi connectivity index (χ1v) is 43.9. The first-order valence-electron chi connectivity index (χ1n) is 43.9. The Bertz CT molecular complexity index is 4210. The van der Waals surface area contributed by atoms with E-state index in [1.54, 1.807) is 43.1 Å². The highest BCUT2D eigenvalue weighted by atomic mass is 16.5. The molecule has 0 unspecified atom stereocenters. The topological polar surface area (TPSA) is 202 Å². The Morgan fingerprint density at radius 2 is 0.715 bits per heavy atom. The lowest BCUT2D eigenvalue weighted by atomic mass is 10.2. The van der Waals surface area contributed by atoms with Gasteiger partial charge in [-0.05, 0) is 175 Å². The van der Waals surface area contributed by atoms with Crippen molar-refractivity contribution in [2.24, 2.45) is 0 Å². The maximum Gasteiger partial charge on any atom is 0.248 e. The Morgan fingerprint density at radius 1 is 0.317 bits per heavy atom. The maximum atomic E-state index is 10.4. The number of H-pyrrole nitrogens is 1. The van der Waals surface area contributed by atoms with Crippen LogP contribution in [0.5, 0.6) is 23.4 Å². The molecule has 13 aromatic rings. The van der Waals surface area contributed by atoms with E-state index < -0.39 is 0 Å². The third-order valence-electron chi connectivity index (χ3n) is 12.6. The van der Waals surface area contributed by atoms with Gasteiger partial charge >= 0.3 is 0 Å². The molecule has 0 bridgehead atoms. The fourth-order valence-electron chi connectivity index (χ4n) is 7.70. The minimum absolute atomic E-state index is 0.0370. The first-order chi connectivity index (χ1) is 59.4. The van der Waals surface area contributed by atoms with Crippen molar-refractivity contribution in [3.63, 3.8) is 0 Å². The Morgan fingerprint density at radius 3 is 1.07 bits per heavy atom. The molecule has 13 rings (SSSR count). The molecule has 0 aliphatic heterocycles. The van der Waals surface area contributed by atoms with Crippen molar-refractivity contribution >= 4 is 11.6 Å². The summed E-state index contributed by atoms with van der Waals surface area (Å²) in [6, 6.07) is 84.0. The Hall–Kier alpha value is -12.0. The Balaban J connectivity index is -0.000000414. The van der Waals surface area contributed by atoms with Crippen LogP contribution in [0.1, 0.15) is 250 Å². The second kappa shape index (κ2) is 90.8. The zero-order valence-corrected chi connectivity index (χ0v) is 80.6. The SMILES string of the molecule is CCC.CCC.CCC.CCC.CCC.CCC.CCC.CCC.CCC.Cc1ccc(OCc2ccccc2)nc1.Cc1cccc(=O)[nH]1.Cc1cccc(N)n1.Cc1cccc(NCc2ccccc2)n1.Cc1cccc(Oc2ccccc2)n1.Cc1ccccn1.Cc1cccnc1.Cc1cccnc1.Cc1cccnc1OCc1ccccc1. The quantitative estimate of drug-likeness (QED) is 0.110. The maximum absolute atomic E-state index is 10.4. The Kier molecular flexibility index (Phi) is 88.3. The summed E-state index contributed by atoms with van der Waals surface area (Å²) in [5, 5.41) is 3.29. The molecular weight excluding hydrogens is 1520 g/mol. The van der Waals surface area contributed by atoms with Crippen molar-refractivity contribution in [1.82, 2.24) is 44.9 Å². The number of rotatable bonds is 11. The molecule has 0 amide bonds. The molecule has 0 aliphatic rings. The number of nitrogens with two attached hydrogens (primary N) is 1. The lowest BCUT2D eigenvalue weighted by molar-refractivity contribution is 0.291. The van der Waals surface area contributed by atoms with Gasteiger partial charge in [0.05, 0.1) is 0 Å². The highest BCUT2D eigenvalue weighted by Crippen LogP contribution is 2.19. The number of hydrogen-bond acceptors (Lipinski definition) is 14. The van der Waals surface area contributed by atoms with Crippen LogP contribution in [0, 0.1) is 62.3 Å². The number of ether oxygens (including phenoxy) is 3. The average molecular weight is 1680 g/mol. The number of hydrogen-bond donors (Lipinski definition) is 3. The third kappa shape index (κ3) is 83.5. The predicted molar refractivity (Wildman–Crippen MR) is 534 cm³/mol. The smallest absolute Gasteiger partial charge is 0.248 e. The van der Waals surface area contributed by atoms with Crippen LogP contribution >= 0.6 is 0 Å². The number of nitrogens with zero attached hydrogens (tertiary/aromatic N) is 8. The minimum atomic E-state index is -0.0370.